The van der Waals surface area contributed by atoms with Crippen LogP contribution in [0.4, 0.5) is 0 Å². The average molecular weight is 342 g/mol. The first-order valence-corrected chi connectivity index (χ1v) is 7.08. The second kappa shape index (κ2) is 7.63. The minimum Gasteiger partial charge on any atom is -0.394 e. The molecule has 0 amide bonds. The molecule has 136 valence electrons. The Hall–Kier alpha value is -0.440. The van der Waals surface area contributed by atoms with Gasteiger partial charge in [0.2, 0.25) is 0 Å². The van der Waals surface area contributed by atoms with Crippen LogP contribution >= 0.6 is 0 Å². The summed E-state index contributed by atoms with van der Waals surface area (Å²) in [7, 11) is 0. The van der Waals surface area contributed by atoms with E-state index < -0.39 is 74.6 Å². The molecular formula is C12H22O11. The fourth-order valence-corrected chi connectivity index (χ4v) is 2.57. The first-order valence-electron chi connectivity index (χ1n) is 7.08. The maximum atomic E-state index is 9.94. The molecule has 10 atom stereocenters. The second-order valence-electron chi connectivity index (χ2n) is 5.53. The van der Waals surface area contributed by atoms with Gasteiger partial charge in [0.05, 0.1) is 13.2 Å². The van der Waals surface area contributed by atoms with Crippen LogP contribution < -0.4 is 0 Å². The molecule has 0 radical (unpaired) electrons. The van der Waals surface area contributed by atoms with E-state index in [0.717, 1.165) is 0 Å². The molecule has 2 fully saturated rings. The van der Waals surface area contributed by atoms with Gasteiger partial charge in [0.1, 0.15) is 48.8 Å². The molecule has 0 bridgehead atoms. The zero-order valence-electron chi connectivity index (χ0n) is 12.0. The fourth-order valence-electron chi connectivity index (χ4n) is 2.57. The van der Waals surface area contributed by atoms with Crippen LogP contribution in [0.25, 0.3) is 0 Å². The van der Waals surface area contributed by atoms with Crippen molar-refractivity contribution in [3.63, 3.8) is 0 Å². The van der Waals surface area contributed by atoms with E-state index in [1.807, 2.05) is 0 Å². The summed E-state index contributed by atoms with van der Waals surface area (Å²) in [5.41, 5.74) is 0. The largest absolute Gasteiger partial charge is 0.394 e. The number of aliphatic hydroxyl groups excluding tert-OH is 8. The third-order valence-corrected chi connectivity index (χ3v) is 3.98. The lowest BCUT2D eigenvalue weighted by Crippen LogP contribution is -2.64. The third kappa shape index (κ3) is 3.65. The van der Waals surface area contributed by atoms with E-state index >= 15 is 0 Å². The topological polar surface area (TPSA) is 190 Å². The van der Waals surface area contributed by atoms with E-state index in [2.05, 4.69) is 0 Å². The van der Waals surface area contributed by atoms with Gasteiger partial charge in [0, 0.05) is 0 Å². The van der Waals surface area contributed by atoms with Gasteiger partial charge in [-0.15, -0.1) is 0 Å². The molecule has 11 heteroatoms. The lowest BCUT2D eigenvalue weighted by molar-refractivity contribution is -0.355. The van der Waals surface area contributed by atoms with Crippen molar-refractivity contribution in [1.82, 2.24) is 0 Å². The minimum atomic E-state index is -1.74. The highest BCUT2D eigenvalue weighted by molar-refractivity contribution is 4.93. The van der Waals surface area contributed by atoms with E-state index in [0.29, 0.717) is 0 Å². The van der Waals surface area contributed by atoms with Crippen molar-refractivity contribution in [3.05, 3.63) is 0 Å². The number of ether oxygens (including phenoxy) is 3. The summed E-state index contributed by atoms with van der Waals surface area (Å²) in [4.78, 5) is 0. The molecule has 11 nitrogen and oxygen atoms in total. The Labute approximate surface area is 130 Å². The van der Waals surface area contributed by atoms with Gasteiger partial charge in [0.25, 0.3) is 0 Å². The van der Waals surface area contributed by atoms with E-state index in [-0.39, 0.29) is 0 Å². The van der Waals surface area contributed by atoms with Crippen LogP contribution in [0, 0.1) is 0 Å². The van der Waals surface area contributed by atoms with Crippen molar-refractivity contribution in [1.29, 1.82) is 0 Å². The van der Waals surface area contributed by atoms with E-state index in [1.54, 1.807) is 0 Å². The molecule has 0 saturated carbocycles. The van der Waals surface area contributed by atoms with Gasteiger partial charge in [0.15, 0.2) is 12.6 Å². The average Bonchev–Trinajstić information content (AvgIpc) is 2.55. The van der Waals surface area contributed by atoms with Crippen LogP contribution in [0.1, 0.15) is 0 Å². The lowest BCUT2D eigenvalue weighted by atomic mass is 9.97. The van der Waals surface area contributed by atoms with Crippen LogP contribution in [0.5, 0.6) is 0 Å². The molecule has 23 heavy (non-hydrogen) atoms. The third-order valence-electron chi connectivity index (χ3n) is 3.98. The molecule has 2 heterocycles. The molecule has 0 unspecified atom stereocenters. The summed E-state index contributed by atoms with van der Waals surface area (Å²) in [6.07, 6.45) is -15.6. The molecule has 2 aliphatic rings. The normalized spacial score (nSPS) is 51.7. The molecular weight excluding hydrogens is 320 g/mol. The van der Waals surface area contributed by atoms with Crippen LogP contribution in [0.15, 0.2) is 0 Å². The van der Waals surface area contributed by atoms with Crippen LogP contribution in [-0.4, -0.2) is 115 Å². The molecule has 2 saturated heterocycles. The van der Waals surface area contributed by atoms with Crippen molar-refractivity contribution in [2.24, 2.45) is 0 Å². The Morgan fingerprint density at radius 1 is 0.652 bits per heavy atom. The predicted molar refractivity (Wildman–Crippen MR) is 68.6 cm³/mol. The van der Waals surface area contributed by atoms with E-state index in [1.165, 1.54) is 0 Å². The van der Waals surface area contributed by atoms with Crippen molar-refractivity contribution in [2.75, 3.05) is 13.2 Å². The summed E-state index contributed by atoms with van der Waals surface area (Å²) < 4.78 is 15.3. The standard InChI is InChI=1S/C12H22O11/c13-1-3-5(15)6(16)9(19)12(22-3)23-10-4(2-14)21-11(20)8(18)7(10)17/h3-20H,1-2H2/t3-,4-,5-,6+,7+,8+,9+,10-,11-,12+/m1/s1. The quantitative estimate of drug-likeness (QED) is 0.243. The van der Waals surface area contributed by atoms with Crippen molar-refractivity contribution in [2.45, 2.75) is 61.4 Å². The lowest BCUT2D eigenvalue weighted by Gasteiger charge is -2.45. The van der Waals surface area contributed by atoms with Gasteiger partial charge >= 0.3 is 0 Å². The van der Waals surface area contributed by atoms with Gasteiger partial charge in [-0.1, -0.05) is 0 Å². The fraction of sp³-hybridized carbons (Fsp3) is 1.00. The maximum Gasteiger partial charge on any atom is 0.187 e. The summed E-state index contributed by atoms with van der Waals surface area (Å²) in [5, 5.41) is 76.5. The van der Waals surface area contributed by atoms with Crippen LogP contribution in [0.3, 0.4) is 0 Å². The second-order valence-corrected chi connectivity index (χ2v) is 5.53. The number of hydrogen-bond donors (Lipinski definition) is 8. The maximum absolute atomic E-state index is 9.94. The van der Waals surface area contributed by atoms with Crippen molar-refractivity contribution >= 4 is 0 Å². The van der Waals surface area contributed by atoms with Crippen molar-refractivity contribution < 1.29 is 55.1 Å². The summed E-state index contributed by atoms with van der Waals surface area (Å²) in [6, 6.07) is 0. The monoisotopic (exact) mass is 342 g/mol. The summed E-state index contributed by atoms with van der Waals surface area (Å²) in [6.45, 7) is -1.35. The highest BCUT2D eigenvalue weighted by atomic mass is 16.7. The van der Waals surface area contributed by atoms with Gasteiger partial charge in [-0.05, 0) is 0 Å². The van der Waals surface area contributed by atoms with Crippen molar-refractivity contribution in [3.8, 4) is 0 Å². The number of hydrogen-bond acceptors (Lipinski definition) is 11. The van der Waals surface area contributed by atoms with Crippen LogP contribution in [0.2, 0.25) is 0 Å². The Morgan fingerprint density at radius 3 is 1.83 bits per heavy atom. The molecule has 0 aromatic heterocycles. The molecule has 0 aromatic rings. The van der Waals surface area contributed by atoms with Crippen LogP contribution in [-0.2, 0) is 14.2 Å². The molecule has 2 rings (SSSR count). The van der Waals surface area contributed by atoms with Gasteiger partial charge in [-0.2, -0.15) is 0 Å². The molecule has 2 aliphatic heterocycles. The van der Waals surface area contributed by atoms with Gasteiger partial charge in [-0.3, -0.25) is 0 Å². The SMILES string of the molecule is OC[C@H]1O[C@@H](O[C@H]2[C@@H](O)[C@H](O)[C@H](O)O[C@@H]2CO)[C@@H](O)[C@@H](O)[C@@H]1O. The molecule has 8 N–H and O–H groups in total. The summed E-state index contributed by atoms with van der Waals surface area (Å²) >= 11 is 0. The summed E-state index contributed by atoms with van der Waals surface area (Å²) in [5.74, 6) is 0. The highest BCUT2D eigenvalue weighted by Crippen LogP contribution is 2.28. The van der Waals surface area contributed by atoms with E-state index in [9.17, 15) is 35.7 Å². The molecule has 0 aromatic carbocycles. The zero-order chi connectivity index (χ0) is 17.3. The predicted octanol–water partition coefficient (Wildman–Crippen LogP) is -5.40. The first kappa shape index (κ1) is 18.9. The minimum absolute atomic E-state index is 0.667. The van der Waals surface area contributed by atoms with Gasteiger partial charge in [-0.25, -0.2) is 0 Å². The zero-order valence-corrected chi connectivity index (χ0v) is 12.0. The highest BCUT2D eigenvalue weighted by Gasteiger charge is 2.50. The Balaban J connectivity index is 2.11. The Morgan fingerprint density at radius 2 is 1.26 bits per heavy atom. The first-order chi connectivity index (χ1) is 10.8. The molecule has 0 aliphatic carbocycles. The Kier molecular flexibility index (Phi) is 6.27. The number of rotatable bonds is 4. The Bertz CT molecular complexity index is 378. The smallest absolute Gasteiger partial charge is 0.187 e. The van der Waals surface area contributed by atoms with E-state index in [4.69, 9.17) is 19.3 Å². The number of aliphatic hydroxyl groups is 8. The molecule has 0 spiro atoms. The van der Waals surface area contributed by atoms with Gasteiger partial charge < -0.3 is 55.1 Å².